The molecular formula is C25H34O2Si. The topological polar surface area (TPSA) is 29.5 Å². The summed E-state index contributed by atoms with van der Waals surface area (Å²) in [7, 11) is -1.66. The predicted molar refractivity (Wildman–Crippen MR) is 120 cm³/mol. The lowest BCUT2D eigenvalue weighted by atomic mass is 10.1. The van der Waals surface area contributed by atoms with E-state index in [9.17, 15) is 5.11 Å². The lowest BCUT2D eigenvalue weighted by Gasteiger charge is -2.31. The Balaban J connectivity index is 1.67. The minimum Gasteiger partial charge on any atom is -0.387 e. The molecule has 0 heterocycles. The molecule has 1 atom stereocenters. The number of hydrogen-bond donors (Lipinski definition) is 1. The van der Waals surface area contributed by atoms with Gasteiger partial charge in [0.05, 0.1) is 27.4 Å². The zero-order valence-corrected chi connectivity index (χ0v) is 18.3. The van der Waals surface area contributed by atoms with Crippen molar-refractivity contribution < 1.29 is 9.84 Å². The first-order valence-electron chi connectivity index (χ1n) is 10.6. The average molecular weight is 395 g/mol. The van der Waals surface area contributed by atoms with E-state index in [4.69, 9.17) is 4.74 Å². The van der Waals surface area contributed by atoms with Crippen LogP contribution < -0.4 is 0 Å². The molecule has 150 valence electrons. The van der Waals surface area contributed by atoms with E-state index in [1.54, 1.807) is 5.20 Å². The van der Waals surface area contributed by atoms with E-state index in [2.05, 4.69) is 61.6 Å². The number of aliphatic hydroxyl groups excluding tert-OH is 1. The molecule has 1 aliphatic rings. The molecule has 1 saturated carbocycles. The van der Waals surface area contributed by atoms with Crippen LogP contribution in [0.3, 0.4) is 0 Å². The van der Waals surface area contributed by atoms with Crippen LogP contribution in [0.25, 0.3) is 0 Å². The van der Waals surface area contributed by atoms with Gasteiger partial charge in [-0.25, -0.2) is 0 Å². The normalized spacial score (nSPS) is 17.0. The SMILES string of the molecule is C[Si](C)(Cc1ccccc1)/C(=C\C(O)COCc1ccccc1)C1CCCC1. The summed E-state index contributed by atoms with van der Waals surface area (Å²) in [5, 5.41) is 12.3. The number of benzene rings is 2. The lowest BCUT2D eigenvalue weighted by Crippen LogP contribution is -2.37. The fraction of sp³-hybridized carbons (Fsp3) is 0.440. The van der Waals surface area contributed by atoms with Gasteiger partial charge in [-0.3, -0.25) is 0 Å². The minimum absolute atomic E-state index is 0.362. The van der Waals surface area contributed by atoms with Gasteiger partial charge >= 0.3 is 0 Å². The number of hydrogen-bond acceptors (Lipinski definition) is 2. The Bertz CT molecular complexity index is 734. The van der Waals surface area contributed by atoms with E-state index >= 15 is 0 Å². The first kappa shape index (κ1) is 21.0. The van der Waals surface area contributed by atoms with Crippen molar-refractivity contribution in [2.45, 2.75) is 57.5 Å². The van der Waals surface area contributed by atoms with Crippen molar-refractivity contribution in [3.8, 4) is 0 Å². The van der Waals surface area contributed by atoms with Crippen LogP contribution in [0.1, 0.15) is 36.8 Å². The number of aliphatic hydroxyl groups is 1. The molecule has 0 saturated heterocycles. The second-order valence-electron chi connectivity index (χ2n) is 8.72. The Kier molecular flexibility index (Phi) is 7.66. The quantitative estimate of drug-likeness (QED) is 0.552. The summed E-state index contributed by atoms with van der Waals surface area (Å²) in [6.07, 6.45) is 6.82. The van der Waals surface area contributed by atoms with Gasteiger partial charge in [-0.1, -0.05) is 103 Å². The fourth-order valence-electron chi connectivity index (χ4n) is 4.49. The van der Waals surface area contributed by atoms with Gasteiger partial charge in [0.1, 0.15) is 0 Å². The molecule has 2 aromatic carbocycles. The molecule has 1 aliphatic carbocycles. The monoisotopic (exact) mass is 394 g/mol. The predicted octanol–water partition coefficient (Wildman–Crippen LogP) is 5.71. The molecule has 1 N–H and O–H groups in total. The van der Waals surface area contributed by atoms with Gasteiger partial charge in [-0.05, 0) is 30.4 Å². The molecule has 1 fully saturated rings. The van der Waals surface area contributed by atoms with Crippen molar-refractivity contribution in [3.63, 3.8) is 0 Å². The average Bonchev–Trinajstić information content (AvgIpc) is 3.21. The molecule has 0 spiro atoms. The summed E-state index contributed by atoms with van der Waals surface area (Å²) in [6.45, 7) is 5.83. The first-order valence-corrected chi connectivity index (χ1v) is 13.8. The molecule has 3 heteroatoms. The summed E-state index contributed by atoms with van der Waals surface area (Å²) >= 11 is 0. The molecule has 2 nitrogen and oxygen atoms in total. The Hall–Kier alpha value is -1.68. The maximum Gasteiger partial charge on any atom is 0.0953 e. The molecular weight excluding hydrogens is 360 g/mol. The maximum absolute atomic E-state index is 10.7. The number of allylic oxidation sites excluding steroid dienone is 1. The highest BCUT2D eigenvalue weighted by Crippen LogP contribution is 2.37. The van der Waals surface area contributed by atoms with E-state index in [1.165, 1.54) is 31.2 Å². The number of rotatable bonds is 9. The second kappa shape index (κ2) is 10.2. The van der Waals surface area contributed by atoms with Gasteiger partial charge in [-0.2, -0.15) is 0 Å². The summed E-state index contributed by atoms with van der Waals surface area (Å²) in [5.41, 5.74) is 2.56. The third-order valence-corrected chi connectivity index (χ3v) is 9.27. The molecule has 0 amide bonds. The third kappa shape index (κ3) is 6.16. The van der Waals surface area contributed by atoms with Crippen molar-refractivity contribution in [3.05, 3.63) is 83.1 Å². The largest absolute Gasteiger partial charge is 0.387 e. The highest BCUT2D eigenvalue weighted by Gasteiger charge is 2.33. The van der Waals surface area contributed by atoms with Crippen LogP contribution in [-0.4, -0.2) is 25.9 Å². The highest BCUT2D eigenvalue weighted by atomic mass is 28.3. The summed E-state index contributed by atoms with van der Waals surface area (Å²) in [6, 6.07) is 22.1. The van der Waals surface area contributed by atoms with Crippen molar-refractivity contribution in [2.24, 2.45) is 5.92 Å². The summed E-state index contributed by atoms with van der Waals surface area (Å²) in [5.74, 6) is 0.647. The van der Waals surface area contributed by atoms with Crippen molar-refractivity contribution in [2.75, 3.05) is 6.61 Å². The van der Waals surface area contributed by atoms with Crippen molar-refractivity contribution >= 4 is 8.07 Å². The Morgan fingerprint density at radius 3 is 2.18 bits per heavy atom. The van der Waals surface area contributed by atoms with Crippen molar-refractivity contribution in [1.29, 1.82) is 0 Å². The van der Waals surface area contributed by atoms with Gasteiger partial charge in [-0.15, -0.1) is 0 Å². The second-order valence-corrected chi connectivity index (χ2v) is 13.4. The molecule has 28 heavy (non-hydrogen) atoms. The third-order valence-electron chi connectivity index (χ3n) is 5.84. The summed E-state index contributed by atoms with van der Waals surface area (Å²) < 4.78 is 5.80. The molecule has 2 aromatic rings. The molecule has 0 radical (unpaired) electrons. The van der Waals surface area contributed by atoms with Crippen LogP contribution in [-0.2, 0) is 17.4 Å². The standard InChI is InChI=1S/C25H34O2Si/c1-28(2,20-22-13-7-4-8-14-22)25(23-15-9-10-16-23)17-24(26)19-27-18-21-11-5-3-6-12-21/h3-8,11-14,17,23-24,26H,9-10,15-16,18-20H2,1-2H3/b25-17-. The van der Waals surface area contributed by atoms with Gasteiger partial charge in [0.2, 0.25) is 0 Å². The van der Waals surface area contributed by atoms with Crippen LogP contribution in [0.4, 0.5) is 0 Å². The Morgan fingerprint density at radius 1 is 1.00 bits per heavy atom. The van der Waals surface area contributed by atoms with Crippen LogP contribution in [0.5, 0.6) is 0 Å². The maximum atomic E-state index is 10.7. The van der Waals surface area contributed by atoms with E-state index in [0.29, 0.717) is 19.1 Å². The first-order chi connectivity index (χ1) is 13.5. The van der Waals surface area contributed by atoms with Crippen LogP contribution in [0.2, 0.25) is 13.1 Å². The summed E-state index contributed by atoms with van der Waals surface area (Å²) in [4.78, 5) is 0. The Morgan fingerprint density at radius 2 is 1.57 bits per heavy atom. The van der Waals surface area contributed by atoms with E-state index in [1.807, 2.05) is 18.2 Å². The zero-order chi connectivity index (χ0) is 19.8. The van der Waals surface area contributed by atoms with E-state index < -0.39 is 14.2 Å². The molecule has 0 aromatic heterocycles. The molecule has 1 unspecified atom stereocenters. The van der Waals surface area contributed by atoms with Crippen LogP contribution >= 0.6 is 0 Å². The zero-order valence-electron chi connectivity index (χ0n) is 17.3. The molecule has 0 bridgehead atoms. The minimum atomic E-state index is -1.66. The van der Waals surface area contributed by atoms with E-state index in [0.717, 1.165) is 11.6 Å². The smallest absolute Gasteiger partial charge is 0.0953 e. The van der Waals surface area contributed by atoms with Crippen molar-refractivity contribution in [1.82, 2.24) is 0 Å². The van der Waals surface area contributed by atoms with Crippen LogP contribution in [0, 0.1) is 5.92 Å². The van der Waals surface area contributed by atoms with E-state index in [-0.39, 0.29) is 0 Å². The fourth-order valence-corrected chi connectivity index (χ4v) is 7.98. The molecule has 3 rings (SSSR count). The van der Waals surface area contributed by atoms with Gasteiger partial charge in [0, 0.05) is 0 Å². The lowest BCUT2D eigenvalue weighted by molar-refractivity contribution is 0.0500. The highest BCUT2D eigenvalue weighted by molar-refractivity contribution is 6.83. The van der Waals surface area contributed by atoms with Crippen LogP contribution in [0.15, 0.2) is 71.9 Å². The molecule has 0 aliphatic heterocycles. The number of ether oxygens (including phenoxy) is 1. The Labute approximate surface area is 171 Å². The van der Waals surface area contributed by atoms with Gasteiger partial charge < -0.3 is 9.84 Å². The van der Waals surface area contributed by atoms with Gasteiger partial charge in [0.15, 0.2) is 0 Å². The van der Waals surface area contributed by atoms with Gasteiger partial charge in [0.25, 0.3) is 0 Å².